The van der Waals surface area contributed by atoms with Crippen molar-refractivity contribution in [1.82, 2.24) is 5.32 Å². The summed E-state index contributed by atoms with van der Waals surface area (Å²) in [5, 5.41) is 3.53. The fourth-order valence-corrected chi connectivity index (χ4v) is 4.82. The van der Waals surface area contributed by atoms with Crippen LogP contribution in [0.15, 0.2) is 109 Å². The number of rotatable bonds is 8. The highest BCUT2D eigenvalue weighted by atomic mass is 35.5. The van der Waals surface area contributed by atoms with Crippen molar-refractivity contribution in [3.05, 3.63) is 131 Å². The van der Waals surface area contributed by atoms with Gasteiger partial charge in [-0.1, -0.05) is 84.9 Å². The summed E-state index contributed by atoms with van der Waals surface area (Å²) in [4.78, 5) is 0. The molecule has 4 heteroatoms. The summed E-state index contributed by atoms with van der Waals surface area (Å²) in [6, 6.07) is 38.0. The zero-order valence-electron chi connectivity index (χ0n) is 19.9. The second-order valence-electron chi connectivity index (χ2n) is 8.93. The van der Waals surface area contributed by atoms with Crippen molar-refractivity contribution in [2.75, 3.05) is 13.1 Å². The molecule has 1 aliphatic rings. The predicted molar refractivity (Wildman–Crippen MR) is 145 cm³/mol. The van der Waals surface area contributed by atoms with Crippen LogP contribution in [0, 0.1) is 0 Å². The summed E-state index contributed by atoms with van der Waals surface area (Å²) >= 11 is 0. The van der Waals surface area contributed by atoms with Gasteiger partial charge in [-0.2, -0.15) is 0 Å². The van der Waals surface area contributed by atoms with Crippen LogP contribution in [-0.4, -0.2) is 13.1 Å². The average Bonchev–Trinajstić information content (AvgIpc) is 2.93. The second-order valence-corrected chi connectivity index (χ2v) is 8.93. The average molecular weight is 486 g/mol. The van der Waals surface area contributed by atoms with Gasteiger partial charge in [-0.25, -0.2) is 0 Å². The van der Waals surface area contributed by atoms with Gasteiger partial charge in [0.2, 0.25) is 0 Å². The molecule has 0 unspecified atom stereocenters. The molecule has 4 aromatic carbocycles. The lowest BCUT2D eigenvalue weighted by Crippen LogP contribution is -2.40. The van der Waals surface area contributed by atoms with E-state index in [2.05, 4.69) is 78.1 Å². The Balaban J connectivity index is 0.00000289. The molecule has 1 N–H and O–H groups in total. The summed E-state index contributed by atoms with van der Waals surface area (Å²) in [7, 11) is 0. The molecule has 0 aliphatic carbocycles. The van der Waals surface area contributed by atoms with Crippen LogP contribution in [0.5, 0.6) is 11.5 Å². The summed E-state index contributed by atoms with van der Waals surface area (Å²) in [5.74, 6) is 1.81. The van der Waals surface area contributed by atoms with Gasteiger partial charge in [0, 0.05) is 5.41 Å². The molecule has 4 aromatic rings. The minimum atomic E-state index is 0. The van der Waals surface area contributed by atoms with Crippen LogP contribution in [0.4, 0.5) is 0 Å². The fourth-order valence-electron chi connectivity index (χ4n) is 4.82. The Bertz CT molecular complexity index is 1070. The van der Waals surface area contributed by atoms with Crippen LogP contribution in [-0.2, 0) is 18.6 Å². The third-order valence-electron chi connectivity index (χ3n) is 6.77. The highest BCUT2D eigenvalue weighted by Crippen LogP contribution is 2.41. The monoisotopic (exact) mass is 485 g/mol. The molecular formula is C31H32ClNO2. The molecule has 1 aliphatic heterocycles. The van der Waals surface area contributed by atoms with Crippen molar-refractivity contribution < 1.29 is 9.47 Å². The van der Waals surface area contributed by atoms with Crippen LogP contribution in [0.2, 0.25) is 0 Å². The number of halogens is 1. The van der Waals surface area contributed by atoms with Crippen LogP contribution in [0.25, 0.3) is 0 Å². The Morgan fingerprint density at radius 3 is 1.34 bits per heavy atom. The van der Waals surface area contributed by atoms with Crippen molar-refractivity contribution in [2.45, 2.75) is 31.5 Å². The van der Waals surface area contributed by atoms with E-state index in [-0.39, 0.29) is 17.8 Å². The van der Waals surface area contributed by atoms with E-state index in [9.17, 15) is 0 Å². The van der Waals surface area contributed by atoms with Gasteiger partial charge in [0.1, 0.15) is 24.7 Å². The Morgan fingerprint density at radius 1 is 0.543 bits per heavy atom. The van der Waals surface area contributed by atoms with E-state index in [1.807, 2.05) is 36.4 Å². The molecule has 1 saturated heterocycles. The molecule has 0 bridgehead atoms. The molecule has 0 aromatic heterocycles. The van der Waals surface area contributed by atoms with Crippen molar-refractivity contribution >= 4 is 12.4 Å². The van der Waals surface area contributed by atoms with Gasteiger partial charge in [-0.05, 0) is 72.5 Å². The molecule has 3 nitrogen and oxygen atoms in total. The number of ether oxygens (including phenoxy) is 2. The van der Waals surface area contributed by atoms with Gasteiger partial charge in [0.15, 0.2) is 0 Å². The first-order valence-electron chi connectivity index (χ1n) is 12.1. The predicted octanol–water partition coefficient (Wildman–Crippen LogP) is 6.94. The molecule has 0 saturated carbocycles. The van der Waals surface area contributed by atoms with E-state index in [4.69, 9.17) is 9.47 Å². The van der Waals surface area contributed by atoms with E-state index in [0.29, 0.717) is 13.2 Å². The molecule has 0 spiro atoms. The van der Waals surface area contributed by atoms with Gasteiger partial charge in [0.05, 0.1) is 0 Å². The van der Waals surface area contributed by atoms with E-state index in [1.54, 1.807) is 0 Å². The molecule has 180 valence electrons. The fraction of sp³-hybridized carbons (Fsp3) is 0.226. The highest BCUT2D eigenvalue weighted by molar-refractivity contribution is 5.85. The lowest BCUT2D eigenvalue weighted by molar-refractivity contribution is 0.305. The molecule has 0 amide bonds. The molecule has 5 rings (SSSR count). The summed E-state index contributed by atoms with van der Waals surface area (Å²) in [6.07, 6.45) is 2.14. The Hall–Kier alpha value is -3.27. The molecule has 1 heterocycles. The molecule has 1 fully saturated rings. The van der Waals surface area contributed by atoms with Crippen molar-refractivity contribution in [3.8, 4) is 11.5 Å². The zero-order valence-corrected chi connectivity index (χ0v) is 20.7. The highest BCUT2D eigenvalue weighted by Gasteiger charge is 2.35. The third-order valence-corrected chi connectivity index (χ3v) is 6.77. The van der Waals surface area contributed by atoms with E-state index in [1.165, 1.54) is 22.3 Å². The summed E-state index contributed by atoms with van der Waals surface area (Å²) in [6.45, 7) is 3.19. The maximum Gasteiger partial charge on any atom is 0.119 e. The SMILES string of the molecule is Cl.c1ccc(COc2ccc(C3(c4ccc(OCc5ccccc5)cc4)CCNCC3)cc2)cc1. The van der Waals surface area contributed by atoms with E-state index >= 15 is 0 Å². The normalized spacial score (nSPS) is 14.5. The minimum absolute atomic E-state index is 0. The van der Waals surface area contributed by atoms with Crippen LogP contribution < -0.4 is 14.8 Å². The lowest BCUT2D eigenvalue weighted by atomic mass is 9.68. The van der Waals surface area contributed by atoms with E-state index < -0.39 is 0 Å². The molecule has 35 heavy (non-hydrogen) atoms. The molecule has 0 radical (unpaired) electrons. The van der Waals surface area contributed by atoms with Crippen molar-refractivity contribution in [3.63, 3.8) is 0 Å². The third kappa shape index (κ3) is 6.05. The number of nitrogens with one attached hydrogen (secondary N) is 1. The van der Waals surface area contributed by atoms with Crippen molar-refractivity contribution in [2.24, 2.45) is 0 Å². The summed E-state index contributed by atoms with van der Waals surface area (Å²) < 4.78 is 12.0. The largest absolute Gasteiger partial charge is 0.489 e. The van der Waals surface area contributed by atoms with Crippen LogP contribution in [0.3, 0.4) is 0 Å². The number of benzene rings is 4. The number of hydrogen-bond acceptors (Lipinski definition) is 3. The van der Waals surface area contributed by atoms with Crippen LogP contribution in [0.1, 0.15) is 35.1 Å². The van der Waals surface area contributed by atoms with Crippen molar-refractivity contribution in [1.29, 1.82) is 0 Å². The summed E-state index contributed by atoms with van der Waals surface area (Å²) in [5.41, 5.74) is 5.05. The maximum atomic E-state index is 6.02. The quantitative estimate of drug-likeness (QED) is 0.293. The van der Waals surface area contributed by atoms with Gasteiger partial charge in [-0.15, -0.1) is 12.4 Å². The second kappa shape index (κ2) is 11.9. The first-order valence-corrected chi connectivity index (χ1v) is 12.1. The topological polar surface area (TPSA) is 30.5 Å². The first kappa shape index (κ1) is 24.8. The van der Waals surface area contributed by atoms with Crippen LogP contribution >= 0.6 is 12.4 Å². The smallest absolute Gasteiger partial charge is 0.119 e. The number of piperidine rings is 1. The van der Waals surface area contributed by atoms with Gasteiger partial charge in [0.25, 0.3) is 0 Å². The van der Waals surface area contributed by atoms with Gasteiger partial charge in [-0.3, -0.25) is 0 Å². The minimum Gasteiger partial charge on any atom is -0.489 e. The Labute approximate surface area is 214 Å². The van der Waals surface area contributed by atoms with Gasteiger partial charge < -0.3 is 14.8 Å². The zero-order chi connectivity index (χ0) is 23.1. The van der Waals surface area contributed by atoms with E-state index in [0.717, 1.165) is 37.4 Å². The standard InChI is InChI=1S/C31H31NO2.ClH/c1-3-7-25(8-4-1)23-33-29-15-11-27(12-16-29)31(19-21-32-22-20-31)28-13-17-30(18-14-28)34-24-26-9-5-2-6-10-26;/h1-18,32H,19-24H2;1H. The Morgan fingerprint density at radius 2 is 0.943 bits per heavy atom. The number of hydrogen-bond donors (Lipinski definition) is 1. The first-order chi connectivity index (χ1) is 16.8. The maximum absolute atomic E-state index is 6.02. The molecular weight excluding hydrogens is 454 g/mol. The Kier molecular flexibility index (Phi) is 8.46. The molecule has 0 atom stereocenters. The van der Waals surface area contributed by atoms with Gasteiger partial charge >= 0.3 is 0 Å². The lowest BCUT2D eigenvalue weighted by Gasteiger charge is -2.39.